The predicted octanol–water partition coefficient (Wildman–Crippen LogP) is 4.44. The molecule has 2 fully saturated rings. The fraction of sp³-hybridized carbons (Fsp3) is 0.238. The Labute approximate surface area is 169 Å². The summed E-state index contributed by atoms with van der Waals surface area (Å²) in [5, 5.41) is 14.3. The van der Waals surface area contributed by atoms with Crippen molar-refractivity contribution in [3.05, 3.63) is 59.8 Å². The summed E-state index contributed by atoms with van der Waals surface area (Å²) in [6.45, 7) is 2.26. The molecule has 2 aromatic carbocycles. The minimum absolute atomic E-state index is 0.221. The number of amides is 1. The first-order chi connectivity index (χ1) is 13.7. The van der Waals surface area contributed by atoms with Gasteiger partial charge in [0.25, 0.3) is 5.91 Å². The highest BCUT2D eigenvalue weighted by Gasteiger charge is 2.19. The largest absolute Gasteiger partial charge is 0.372 e. The normalized spacial score (nSPS) is 18.6. The molecular formula is C21H21N5OS. The molecular weight excluding hydrogens is 370 g/mol. The van der Waals surface area contributed by atoms with Crippen LogP contribution in [0, 0.1) is 0 Å². The number of nitrogens with one attached hydrogen (secondary N) is 2. The van der Waals surface area contributed by atoms with E-state index in [0.717, 1.165) is 30.0 Å². The Balaban J connectivity index is 1.40. The van der Waals surface area contributed by atoms with Crippen LogP contribution in [0.5, 0.6) is 0 Å². The van der Waals surface area contributed by atoms with E-state index in [9.17, 15) is 4.79 Å². The van der Waals surface area contributed by atoms with E-state index in [0.29, 0.717) is 10.8 Å². The van der Waals surface area contributed by atoms with E-state index in [2.05, 4.69) is 37.9 Å². The molecule has 0 spiro atoms. The number of piperidine rings is 1. The molecule has 142 valence electrons. The summed E-state index contributed by atoms with van der Waals surface area (Å²) in [5.41, 5.74) is 4.15. The molecule has 0 atom stereocenters. The zero-order chi connectivity index (χ0) is 19.3. The van der Waals surface area contributed by atoms with Gasteiger partial charge in [0.2, 0.25) is 0 Å². The summed E-state index contributed by atoms with van der Waals surface area (Å²) < 4.78 is 0. The van der Waals surface area contributed by atoms with Crippen LogP contribution in [0.3, 0.4) is 0 Å². The van der Waals surface area contributed by atoms with Gasteiger partial charge in [-0.2, -0.15) is 10.2 Å². The van der Waals surface area contributed by atoms with Crippen LogP contribution in [0.15, 0.2) is 64.5 Å². The fourth-order valence-electron chi connectivity index (χ4n) is 3.28. The van der Waals surface area contributed by atoms with Crippen molar-refractivity contribution in [2.24, 2.45) is 10.2 Å². The van der Waals surface area contributed by atoms with E-state index in [4.69, 9.17) is 12.2 Å². The molecule has 0 aromatic heterocycles. The van der Waals surface area contributed by atoms with Gasteiger partial charge in [0.15, 0.2) is 5.11 Å². The maximum absolute atomic E-state index is 11.7. The number of azo groups is 1. The van der Waals surface area contributed by atoms with Gasteiger partial charge >= 0.3 is 0 Å². The van der Waals surface area contributed by atoms with E-state index in [1.165, 1.54) is 24.9 Å². The Kier molecular flexibility index (Phi) is 5.43. The Morgan fingerprint density at radius 3 is 2.04 bits per heavy atom. The minimum Gasteiger partial charge on any atom is -0.372 e. The smallest absolute Gasteiger partial charge is 0.273 e. The predicted molar refractivity (Wildman–Crippen MR) is 115 cm³/mol. The van der Waals surface area contributed by atoms with Gasteiger partial charge < -0.3 is 10.2 Å². The van der Waals surface area contributed by atoms with Crippen LogP contribution in [-0.2, 0) is 4.79 Å². The number of nitrogens with zero attached hydrogens (tertiary/aromatic N) is 3. The topological polar surface area (TPSA) is 69.1 Å². The molecule has 4 rings (SSSR count). The lowest BCUT2D eigenvalue weighted by Gasteiger charge is -2.28. The molecule has 0 radical (unpaired) electrons. The van der Waals surface area contributed by atoms with Crippen LogP contribution >= 0.6 is 12.2 Å². The number of carbonyl (C=O) groups excluding carboxylic acids is 1. The van der Waals surface area contributed by atoms with Crippen molar-refractivity contribution < 1.29 is 4.79 Å². The van der Waals surface area contributed by atoms with Crippen molar-refractivity contribution in [3.63, 3.8) is 0 Å². The number of hydrogen-bond donors (Lipinski definition) is 2. The molecule has 2 aliphatic rings. The molecule has 2 heterocycles. The molecule has 0 bridgehead atoms. The van der Waals surface area contributed by atoms with Crippen LogP contribution in [0.2, 0.25) is 0 Å². The highest BCUT2D eigenvalue weighted by atomic mass is 32.1. The summed E-state index contributed by atoms with van der Waals surface area (Å²) in [6, 6.07) is 15.7. The summed E-state index contributed by atoms with van der Waals surface area (Å²) in [5.74, 6) is -0.221. The van der Waals surface area contributed by atoms with Crippen LogP contribution in [0.1, 0.15) is 24.8 Å². The van der Waals surface area contributed by atoms with Gasteiger partial charge in [-0.05, 0) is 79.5 Å². The van der Waals surface area contributed by atoms with E-state index in [-0.39, 0.29) is 5.91 Å². The van der Waals surface area contributed by atoms with Gasteiger partial charge in [0, 0.05) is 18.8 Å². The second kappa shape index (κ2) is 8.31. The second-order valence-electron chi connectivity index (χ2n) is 6.82. The van der Waals surface area contributed by atoms with Crippen molar-refractivity contribution in [1.82, 2.24) is 10.6 Å². The quantitative estimate of drug-likeness (QED) is 0.459. The summed E-state index contributed by atoms with van der Waals surface area (Å²) in [7, 11) is 0. The molecule has 2 N–H and O–H groups in total. The molecule has 2 aromatic rings. The Morgan fingerprint density at radius 1 is 0.857 bits per heavy atom. The summed E-state index contributed by atoms with van der Waals surface area (Å²) >= 11 is 4.92. The number of thiocarbonyl (C=S) groups is 1. The standard InChI is InChI=1S/C21H21N5OS/c27-20-19(22-21(28)23-20)14-15-4-6-16(7-5-15)24-25-17-8-10-18(11-9-17)26-12-2-1-3-13-26/h4-11,14H,1-3,12-13H2,(H2,22,23,27,28)/b19-14+,25-24+. The van der Waals surface area contributed by atoms with Crippen molar-refractivity contribution in [2.75, 3.05) is 18.0 Å². The molecule has 0 aliphatic carbocycles. The lowest BCUT2D eigenvalue weighted by molar-refractivity contribution is -0.115. The van der Waals surface area contributed by atoms with Crippen LogP contribution < -0.4 is 15.5 Å². The highest BCUT2D eigenvalue weighted by Crippen LogP contribution is 2.24. The summed E-state index contributed by atoms with van der Waals surface area (Å²) in [6.07, 6.45) is 5.60. The molecule has 7 heteroatoms. The third-order valence-corrected chi connectivity index (χ3v) is 4.98. The van der Waals surface area contributed by atoms with E-state index in [1.54, 1.807) is 6.08 Å². The number of benzene rings is 2. The van der Waals surface area contributed by atoms with E-state index < -0.39 is 0 Å². The third-order valence-electron chi connectivity index (χ3n) is 4.78. The number of carbonyl (C=O) groups is 1. The lowest BCUT2D eigenvalue weighted by Crippen LogP contribution is -2.29. The van der Waals surface area contributed by atoms with Gasteiger partial charge in [0.05, 0.1) is 11.4 Å². The third kappa shape index (κ3) is 4.43. The maximum Gasteiger partial charge on any atom is 0.273 e. The minimum atomic E-state index is -0.221. The van der Waals surface area contributed by atoms with Crippen molar-refractivity contribution >= 4 is 46.4 Å². The van der Waals surface area contributed by atoms with Gasteiger partial charge in [0.1, 0.15) is 5.70 Å². The molecule has 1 amide bonds. The first kappa shape index (κ1) is 18.3. The number of anilines is 1. The molecule has 28 heavy (non-hydrogen) atoms. The van der Waals surface area contributed by atoms with Gasteiger partial charge in [-0.15, -0.1) is 0 Å². The SMILES string of the molecule is O=C1NC(=S)N/C1=C/c1ccc(/N=N/c2ccc(N3CCCCC3)cc2)cc1. The lowest BCUT2D eigenvalue weighted by atomic mass is 10.1. The van der Waals surface area contributed by atoms with Gasteiger partial charge in [-0.3, -0.25) is 10.1 Å². The molecule has 0 unspecified atom stereocenters. The molecule has 2 aliphatic heterocycles. The van der Waals surface area contributed by atoms with Crippen LogP contribution in [0.4, 0.5) is 17.1 Å². The molecule has 2 saturated heterocycles. The van der Waals surface area contributed by atoms with Crippen LogP contribution in [0.25, 0.3) is 6.08 Å². The van der Waals surface area contributed by atoms with Gasteiger partial charge in [-0.25, -0.2) is 0 Å². The first-order valence-electron chi connectivity index (χ1n) is 9.38. The second-order valence-corrected chi connectivity index (χ2v) is 7.23. The van der Waals surface area contributed by atoms with E-state index in [1.807, 2.05) is 36.4 Å². The highest BCUT2D eigenvalue weighted by molar-refractivity contribution is 7.80. The molecule has 6 nitrogen and oxygen atoms in total. The van der Waals surface area contributed by atoms with Crippen molar-refractivity contribution in [3.8, 4) is 0 Å². The fourth-order valence-corrected chi connectivity index (χ4v) is 3.49. The van der Waals surface area contributed by atoms with Gasteiger partial charge in [-0.1, -0.05) is 12.1 Å². The first-order valence-corrected chi connectivity index (χ1v) is 9.79. The Morgan fingerprint density at radius 2 is 1.46 bits per heavy atom. The number of rotatable bonds is 4. The molecule has 0 saturated carbocycles. The van der Waals surface area contributed by atoms with Crippen LogP contribution in [-0.4, -0.2) is 24.1 Å². The zero-order valence-electron chi connectivity index (χ0n) is 15.4. The Hall–Kier alpha value is -3.06. The van der Waals surface area contributed by atoms with E-state index >= 15 is 0 Å². The average Bonchev–Trinajstić information content (AvgIpc) is 3.05. The zero-order valence-corrected chi connectivity index (χ0v) is 16.2. The number of hydrogen-bond acceptors (Lipinski definition) is 5. The monoisotopic (exact) mass is 391 g/mol. The average molecular weight is 392 g/mol. The van der Waals surface area contributed by atoms with Crippen molar-refractivity contribution in [1.29, 1.82) is 0 Å². The summed E-state index contributed by atoms with van der Waals surface area (Å²) in [4.78, 5) is 14.1. The maximum atomic E-state index is 11.7. The van der Waals surface area contributed by atoms with Crippen molar-refractivity contribution in [2.45, 2.75) is 19.3 Å². The Bertz CT molecular complexity index is 928.